The highest BCUT2D eigenvalue weighted by Crippen LogP contribution is 1.86. The van der Waals surface area contributed by atoms with Crippen molar-refractivity contribution in [3.63, 3.8) is 0 Å². The van der Waals surface area contributed by atoms with E-state index in [-0.39, 0.29) is 6.61 Å². The van der Waals surface area contributed by atoms with Crippen LogP contribution in [0.3, 0.4) is 0 Å². The van der Waals surface area contributed by atoms with Crippen LogP contribution in [0.25, 0.3) is 0 Å². The van der Waals surface area contributed by atoms with Crippen LogP contribution in [0, 0.1) is 0 Å². The lowest BCUT2D eigenvalue weighted by atomic mass is 10.5. The average Bonchev–Trinajstić information content (AvgIpc) is 2.09. The summed E-state index contributed by atoms with van der Waals surface area (Å²) in [5.41, 5.74) is 0. The minimum Gasteiger partial charge on any atom is -0.452 e. The van der Waals surface area contributed by atoms with Crippen LogP contribution in [0.1, 0.15) is 13.3 Å². The maximum absolute atomic E-state index is 10.1. The van der Waals surface area contributed by atoms with Gasteiger partial charge in [-0.05, 0) is 6.42 Å². The van der Waals surface area contributed by atoms with Gasteiger partial charge < -0.3 is 14.2 Å². The highest BCUT2D eigenvalue weighted by Gasteiger charge is 1.94. The molecule has 0 saturated carbocycles. The Labute approximate surface area is 84.0 Å². The van der Waals surface area contributed by atoms with Crippen LogP contribution in [0.15, 0.2) is 0 Å². The Morgan fingerprint density at radius 3 is 2.15 bits per heavy atom. The molecular formula is C8H15O4S. The van der Waals surface area contributed by atoms with Crippen LogP contribution < -0.4 is 0 Å². The van der Waals surface area contributed by atoms with E-state index < -0.39 is 5.30 Å². The summed E-state index contributed by atoms with van der Waals surface area (Å²) in [6.07, 6.45) is 1.01. The van der Waals surface area contributed by atoms with Crippen molar-refractivity contribution in [3.05, 3.63) is 0 Å². The minimum absolute atomic E-state index is 0.218. The highest BCUT2D eigenvalue weighted by molar-refractivity contribution is 7.96. The summed E-state index contributed by atoms with van der Waals surface area (Å²) in [7, 11) is 0. The first-order valence-electron chi connectivity index (χ1n) is 4.26. The Morgan fingerprint density at radius 1 is 1.08 bits per heavy atom. The molecule has 0 aromatic heterocycles. The van der Waals surface area contributed by atoms with Crippen LogP contribution in [-0.2, 0) is 14.2 Å². The van der Waals surface area contributed by atoms with Crippen LogP contribution in [0.4, 0.5) is 4.79 Å². The third-order valence-corrected chi connectivity index (χ3v) is 1.29. The summed E-state index contributed by atoms with van der Waals surface area (Å²) < 4.78 is 14.7. The Morgan fingerprint density at radius 2 is 1.62 bits per heavy atom. The lowest BCUT2D eigenvalue weighted by molar-refractivity contribution is 0.0315. The molecular weight excluding hydrogens is 192 g/mol. The number of hydrogen-bond acceptors (Lipinski definition) is 4. The van der Waals surface area contributed by atoms with E-state index >= 15 is 0 Å². The number of carbonyl (C=O) groups is 1. The number of ether oxygens (including phenoxy) is 3. The van der Waals surface area contributed by atoms with Gasteiger partial charge in [0.05, 0.1) is 19.8 Å². The topological polar surface area (TPSA) is 44.8 Å². The smallest absolute Gasteiger partial charge is 0.400 e. The summed E-state index contributed by atoms with van der Waals surface area (Å²) in [6, 6.07) is 0. The quantitative estimate of drug-likeness (QED) is 0.449. The molecule has 0 aliphatic heterocycles. The molecule has 1 radical (unpaired) electrons. The summed E-state index contributed by atoms with van der Waals surface area (Å²) in [5.74, 6) is 0. The Hall–Kier alpha value is -0.390. The van der Waals surface area contributed by atoms with Crippen LogP contribution in [-0.4, -0.2) is 38.3 Å². The normalized spacial score (nSPS) is 9.92. The lowest BCUT2D eigenvalue weighted by Crippen LogP contribution is -2.10. The maximum atomic E-state index is 10.1. The van der Waals surface area contributed by atoms with Crippen molar-refractivity contribution in [3.8, 4) is 0 Å². The van der Waals surface area contributed by atoms with Crippen molar-refractivity contribution in [1.29, 1.82) is 0 Å². The first-order valence-corrected chi connectivity index (χ1v) is 4.67. The standard InChI is InChI=1S/C8H15O4S/c1-2-3-10-4-5-11-6-7-12-8(9)13/h2-7H2,1H3. The molecule has 0 aliphatic rings. The predicted molar refractivity (Wildman–Crippen MR) is 50.9 cm³/mol. The van der Waals surface area contributed by atoms with E-state index in [4.69, 9.17) is 9.47 Å². The molecule has 5 heteroatoms. The molecule has 0 amide bonds. The van der Waals surface area contributed by atoms with Crippen molar-refractivity contribution in [2.24, 2.45) is 0 Å². The second-order valence-electron chi connectivity index (χ2n) is 2.32. The minimum atomic E-state index is -0.689. The number of rotatable bonds is 8. The van der Waals surface area contributed by atoms with Gasteiger partial charge in [-0.2, -0.15) is 0 Å². The van der Waals surface area contributed by atoms with E-state index in [1.165, 1.54) is 0 Å². The van der Waals surface area contributed by atoms with Gasteiger partial charge in [0, 0.05) is 19.2 Å². The second kappa shape index (κ2) is 9.70. The van der Waals surface area contributed by atoms with Crippen molar-refractivity contribution < 1.29 is 19.0 Å². The van der Waals surface area contributed by atoms with Gasteiger partial charge in [0.2, 0.25) is 0 Å². The molecule has 0 fully saturated rings. The van der Waals surface area contributed by atoms with Gasteiger partial charge >= 0.3 is 5.30 Å². The third-order valence-electron chi connectivity index (χ3n) is 1.17. The predicted octanol–water partition coefficient (Wildman–Crippen LogP) is 1.76. The van der Waals surface area contributed by atoms with Gasteiger partial charge in [-0.15, -0.1) is 0 Å². The van der Waals surface area contributed by atoms with Gasteiger partial charge in [0.25, 0.3) is 0 Å². The number of hydrogen-bond donors (Lipinski definition) is 0. The molecule has 0 heterocycles. The molecule has 77 valence electrons. The summed E-state index contributed by atoms with van der Waals surface area (Å²) >= 11 is 4.17. The zero-order valence-corrected chi connectivity index (χ0v) is 8.60. The lowest BCUT2D eigenvalue weighted by Gasteiger charge is -2.04. The fraction of sp³-hybridized carbons (Fsp3) is 0.875. The molecule has 0 rings (SSSR count). The zero-order chi connectivity index (χ0) is 9.94. The first-order chi connectivity index (χ1) is 6.27. The first kappa shape index (κ1) is 12.6. The Kier molecular flexibility index (Phi) is 9.41. The fourth-order valence-corrected chi connectivity index (χ4v) is 0.734. The van der Waals surface area contributed by atoms with E-state index in [9.17, 15) is 4.79 Å². The molecule has 4 nitrogen and oxygen atoms in total. The summed E-state index contributed by atoms with van der Waals surface area (Å²) in [5, 5.41) is -0.689. The van der Waals surface area contributed by atoms with E-state index in [0.29, 0.717) is 19.8 Å². The third kappa shape index (κ3) is 11.6. The molecule has 0 aromatic rings. The molecule has 0 bridgehead atoms. The molecule has 0 N–H and O–H groups in total. The SMILES string of the molecule is CCCOCCOCCOC(=O)[S]. The largest absolute Gasteiger partial charge is 0.452 e. The van der Waals surface area contributed by atoms with Gasteiger partial charge in [0.15, 0.2) is 0 Å². The Bertz CT molecular complexity index is 129. The molecule has 13 heavy (non-hydrogen) atoms. The second-order valence-corrected chi connectivity index (χ2v) is 2.66. The molecule has 0 unspecified atom stereocenters. The van der Waals surface area contributed by atoms with E-state index in [0.717, 1.165) is 13.0 Å². The van der Waals surface area contributed by atoms with E-state index in [1.807, 2.05) is 6.92 Å². The van der Waals surface area contributed by atoms with E-state index in [1.54, 1.807) is 0 Å². The summed E-state index contributed by atoms with van der Waals surface area (Å²) in [6.45, 7) is 4.49. The molecule has 0 saturated heterocycles. The number of carbonyl (C=O) groups excluding carboxylic acids is 1. The van der Waals surface area contributed by atoms with Gasteiger partial charge in [-0.3, -0.25) is 0 Å². The van der Waals surface area contributed by atoms with Gasteiger partial charge in [0.1, 0.15) is 6.61 Å². The van der Waals surface area contributed by atoms with Crippen molar-refractivity contribution in [1.82, 2.24) is 0 Å². The van der Waals surface area contributed by atoms with Crippen molar-refractivity contribution in [2.75, 3.05) is 33.0 Å². The zero-order valence-electron chi connectivity index (χ0n) is 7.78. The van der Waals surface area contributed by atoms with E-state index in [2.05, 4.69) is 17.4 Å². The van der Waals surface area contributed by atoms with Crippen molar-refractivity contribution >= 4 is 17.9 Å². The Balaban J connectivity index is 2.87. The monoisotopic (exact) mass is 207 g/mol. The highest BCUT2D eigenvalue weighted by atomic mass is 32.1. The van der Waals surface area contributed by atoms with Crippen LogP contribution in [0.2, 0.25) is 0 Å². The van der Waals surface area contributed by atoms with Gasteiger partial charge in [-0.25, -0.2) is 4.79 Å². The average molecular weight is 207 g/mol. The van der Waals surface area contributed by atoms with Crippen LogP contribution >= 0.6 is 12.6 Å². The molecule has 0 aliphatic carbocycles. The summed E-state index contributed by atoms with van der Waals surface area (Å²) in [4.78, 5) is 10.1. The molecule has 0 atom stereocenters. The van der Waals surface area contributed by atoms with Crippen LogP contribution in [0.5, 0.6) is 0 Å². The molecule has 0 aromatic carbocycles. The van der Waals surface area contributed by atoms with Crippen molar-refractivity contribution in [2.45, 2.75) is 13.3 Å². The fourth-order valence-electron chi connectivity index (χ4n) is 0.650. The molecule has 0 spiro atoms. The maximum Gasteiger partial charge on any atom is 0.400 e. The van der Waals surface area contributed by atoms with Gasteiger partial charge in [-0.1, -0.05) is 6.92 Å².